The van der Waals surface area contributed by atoms with Gasteiger partial charge in [-0.05, 0) is 43.9 Å². The van der Waals surface area contributed by atoms with Gasteiger partial charge >= 0.3 is 5.97 Å². The van der Waals surface area contributed by atoms with Gasteiger partial charge in [0.2, 0.25) is 5.91 Å². The third-order valence-corrected chi connectivity index (χ3v) is 3.92. The van der Waals surface area contributed by atoms with Gasteiger partial charge in [-0.25, -0.2) is 4.79 Å². The second-order valence-electron chi connectivity index (χ2n) is 5.52. The van der Waals surface area contributed by atoms with Crippen LogP contribution >= 0.6 is 11.6 Å². The molecule has 0 saturated carbocycles. The van der Waals surface area contributed by atoms with Crippen LogP contribution in [0.3, 0.4) is 0 Å². The zero-order valence-corrected chi connectivity index (χ0v) is 13.5. The molecule has 0 heterocycles. The number of carboxylic acids is 1. The number of carbonyl (C=O) groups is 2. The van der Waals surface area contributed by atoms with E-state index in [0.717, 1.165) is 11.1 Å². The molecule has 0 aliphatic carbocycles. The van der Waals surface area contributed by atoms with Crippen molar-refractivity contribution in [3.8, 4) is 0 Å². The van der Waals surface area contributed by atoms with Crippen LogP contribution in [0.2, 0.25) is 5.02 Å². The van der Waals surface area contributed by atoms with Crippen LogP contribution in [-0.2, 0) is 16.0 Å². The van der Waals surface area contributed by atoms with E-state index in [4.69, 9.17) is 11.6 Å². The molecule has 21 heavy (non-hydrogen) atoms. The first-order valence-corrected chi connectivity index (χ1v) is 7.45. The molecule has 1 aromatic carbocycles. The van der Waals surface area contributed by atoms with Gasteiger partial charge in [0.1, 0.15) is 5.54 Å². The van der Waals surface area contributed by atoms with Gasteiger partial charge in [-0.3, -0.25) is 4.79 Å². The fraction of sp³-hybridized carbons (Fsp3) is 0.500. The van der Waals surface area contributed by atoms with Crippen molar-refractivity contribution in [2.75, 3.05) is 0 Å². The van der Waals surface area contributed by atoms with E-state index in [2.05, 4.69) is 5.32 Å². The maximum absolute atomic E-state index is 12.0. The van der Waals surface area contributed by atoms with Gasteiger partial charge in [0.05, 0.1) is 0 Å². The lowest BCUT2D eigenvalue weighted by Gasteiger charge is -2.25. The molecule has 2 N–H and O–H groups in total. The fourth-order valence-corrected chi connectivity index (χ4v) is 2.35. The Morgan fingerprint density at radius 1 is 1.38 bits per heavy atom. The van der Waals surface area contributed by atoms with Crippen molar-refractivity contribution in [2.45, 2.75) is 52.0 Å². The maximum Gasteiger partial charge on any atom is 0.329 e. The Bertz CT molecular complexity index is 530. The molecule has 0 spiro atoms. The predicted octanol–water partition coefficient (Wildman–Crippen LogP) is 3.34. The quantitative estimate of drug-likeness (QED) is 0.811. The SMILES string of the molecule is CCCC(C)(NC(=O)CCc1ccc(C)c(Cl)c1)C(=O)O. The molecule has 4 nitrogen and oxygen atoms in total. The minimum atomic E-state index is -1.20. The minimum Gasteiger partial charge on any atom is -0.480 e. The summed E-state index contributed by atoms with van der Waals surface area (Å²) >= 11 is 6.04. The highest BCUT2D eigenvalue weighted by Gasteiger charge is 2.33. The van der Waals surface area contributed by atoms with Crippen molar-refractivity contribution < 1.29 is 14.7 Å². The number of aryl methyl sites for hydroxylation is 2. The van der Waals surface area contributed by atoms with E-state index in [1.807, 2.05) is 32.0 Å². The van der Waals surface area contributed by atoms with Crippen molar-refractivity contribution in [2.24, 2.45) is 0 Å². The normalized spacial score (nSPS) is 13.5. The van der Waals surface area contributed by atoms with Crippen molar-refractivity contribution >= 4 is 23.5 Å². The maximum atomic E-state index is 12.0. The molecule has 0 bridgehead atoms. The van der Waals surface area contributed by atoms with E-state index in [-0.39, 0.29) is 12.3 Å². The number of amides is 1. The summed E-state index contributed by atoms with van der Waals surface area (Å²) in [7, 11) is 0. The molecule has 1 unspecified atom stereocenters. The smallest absolute Gasteiger partial charge is 0.329 e. The summed E-state index contributed by atoms with van der Waals surface area (Å²) in [5, 5.41) is 12.5. The zero-order valence-electron chi connectivity index (χ0n) is 12.7. The van der Waals surface area contributed by atoms with Crippen molar-refractivity contribution in [1.29, 1.82) is 0 Å². The van der Waals surface area contributed by atoms with Gasteiger partial charge in [-0.1, -0.05) is 37.1 Å². The number of nitrogens with one attached hydrogen (secondary N) is 1. The Morgan fingerprint density at radius 3 is 2.57 bits per heavy atom. The van der Waals surface area contributed by atoms with Crippen LogP contribution in [0.4, 0.5) is 0 Å². The molecule has 0 fully saturated rings. The van der Waals surface area contributed by atoms with Gasteiger partial charge in [0.25, 0.3) is 0 Å². The van der Waals surface area contributed by atoms with Crippen LogP contribution in [0, 0.1) is 6.92 Å². The van der Waals surface area contributed by atoms with E-state index in [9.17, 15) is 14.7 Å². The zero-order chi connectivity index (χ0) is 16.0. The molecule has 1 atom stereocenters. The average molecular weight is 312 g/mol. The Hall–Kier alpha value is -1.55. The molecule has 0 radical (unpaired) electrons. The Kier molecular flexibility index (Phi) is 6.21. The number of carboxylic acid groups (broad SMARTS) is 1. The molecular weight excluding hydrogens is 290 g/mol. The summed E-state index contributed by atoms with van der Waals surface area (Å²) < 4.78 is 0. The number of carbonyl (C=O) groups excluding carboxylic acids is 1. The summed E-state index contributed by atoms with van der Waals surface area (Å²) in [6.07, 6.45) is 1.88. The molecule has 0 aliphatic rings. The van der Waals surface area contributed by atoms with Crippen LogP contribution < -0.4 is 5.32 Å². The second-order valence-corrected chi connectivity index (χ2v) is 5.93. The number of benzene rings is 1. The molecule has 116 valence electrons. The van der Waals surface area contributed by atoms with Gasteiger partial charge < -0.3 is 10.4 Å². The number of halogens is 1. The predicted molar refractivity (Wildman–Crippen MR) is 83.6 cm³/mol. The van der Waals surface area contributed by atoms with E-state index in [1.54, 1.807) is 6.92 Å². The molecular formula is C16H22ClNO3. The van der Waals surface area contributed by atoms with Crippen molar-refractivity contribution in [3.05, 3.63) is 34.3 Å². The standard InChI is InChI=1S/C16H22ClNO3/c1-4-9-16(3,15(20)21)18-14(19)8-7-12-6-5-11(2)13(17)10-12/h5-6,10H,4,7-9H2,1-3H3,(H,18,19)(H,20,21). The molecule has 0 aromatic heterocycles. The summed E-state index contributed by atoms with van der Waals surface area (Å²) in [4.78, 5) is 23.2. The first kappa shape index (κ1) is 17.5. The Balaban J connectivity index is 2.60. The lowest BCUT2D eigenvalue weighted by atomic mass is 9.96. The summed E-state index contributed by atoms with van der Waals surface area (Å²) in [5.41, 5.74) is 0.760. The molecule has 1 amide bonds. The first-order chi connectivity index (χ1) is 9.78. The van der Waals surface area contributed by atoms with Crippen LogP contribution in [0.5, 0.6) is 0 Å². The van der Waals surface area contributed by atoms with Gasteiger partial charge in [0.15, 0.2) is 0 Å². The van der Waals surface area contributed by atoms with E-state index in [1.165, 1.54) is 0 Å². The lowest BCUT2D eigenvalue weighted by Crippen LogP contribution is -2.52. The van der Waals surface area contributed by atoms with Crippen molar-refractivity contribution in [3.63, 3.8) is 0 Å². The highest BCUT2D eigenvalue weighted by molar-refractivity contribution is 6.31. The van der Waals surface area contributed by atoms with Crippen molar-refractivity contribution in [1.82, 2.24) is 5.32 Å². The number of hydrogen-bond acceptors (Lipinski definition) is 2. The van der Waals surface area contributed by atoms with Gasteiger partial charge in [-0.2, -0.15) is 0 Å². The second kappa shape index (κ2) is 7.46. The number of hydrogen-bond donors (Lipinski definition) is 2. The van der Waals surface area contributed by atoms with Crippen LogP contribution in [-0.4, -0.2) is 22.5 Å². The molecule has 1 rings (SSSR count). The van der Waals surface area contributed by atoms with E-state index >= 15 is 0 Å². The van der Waals surface area contributed by atoms with Gasteiger partial charge in [0, 0.05) is 11.4 Å². The third-order valence-electron chi connectivity index (χ3n) is 3.51. The Labute approximate surface area is 130 Å². The summed E-state index contributed by atoms with van der Waals surface area (Å²) in [6, 6.07) is 5.68. The lowest BCUT2D eigenvalue weighted by molar-refractivity contribution is -0.147. The Morgan fingerprint density at radius 2 is 2.05 bits per heavy atom. The topological polar surface area (TPSA) is 66.4 Å². The highest BCUT2D eigenvalue weighted by Crippen LogP contribution is 2.18. The number of aliphatic carboxylic acids is 1. The molecule has 5 heteroatoms. The largest absolute Gasteiger partial charge is 0.480 e. The monoisotopic (exact) mass is 311 g/mol. The van der Waals surface area contributed by atoms with Crippen LogP contribution in [0.15, 0.2) is 18.2 Å². The fourth-order valence-electron chi connectivity index (χ4n) is 2.14. The van der Waals surface area contributed by atoms with Gasteiger partial charge in [-0.15, -0.1) is 0 Å². The molecule has 1 aromatic rings. The third kappa shape index (κ3) is 5.05. The van der Waals surface area contributed by atoms with Crippen LogP contribution in [0.25, 0.3) is 0 Å². The average Bonchev–Trinajstić information content (AvgIpc) is 2.40. The van der Waals surface area contributed by atoms with Crippen LogP contribution in [0.1, 0.15) is 44.2 Å². The minimum absolute atomic E-state index is 0.242. The summed E-state index contributed by atoms with van der Waals surface area (Å²) in [6.45, 7) is 5.35. The highest BCUT2D eigenvalue weighted by atomic mass is 35.5. The van der Waals surface area contributed by atoms with E-state index in [0.29, 0.717) is 24.3 Å². The summed E-state index contributed by atoms with van der Waals surface area (Å²) in [5.74, 6) is -1.26. The van der Waals surface area contributed by atoms with E-state index < -0.39 is 11.5 Å². The molecule has 0 aliphatic heterocycles. The first-order valence-electron chi connectivity index (χ1n) is 7.08. The molecule has 0 saturated heterocycles. The number of rotatable bonds is 7.